The quantitative estimate of drug-likeness (QED) is 0.837. The minimum absolute atomic E-state index is 0.210. The van der Waals surface area contributed by atoms with E-state index >= 15 is 0 Å². The summed E-state index contributed by atoms with van der Waals surface area (Å²) >= 11 is 0. The van der Waals surface area contributed by atoms with Crippen LogP contribution in [0.1, 0.15) is 30.6 Å². The van der Waals surface area contributed by atoms with Gasteiger partial charge in [0.25, 0.3) is 5.91 Å². The van der Waals surface area contributed by atoms with Crippen molar-refractivity contribution in [2.75, 3.05) is 6.54 Å². The number of hydrogen-bond donors (Lipinski definition) is 2. The Balaban J connectivity index is 1.95. The maximum Gasteiger partial charge on any atom is 0.252 e. The fraction of sp³-hybridized carbons (Fsp3) is 0.462. The predicted octanol–water partition coefficient (Wildman–Crippen LogP) is 0.866. The summed E-state index contributed by atoms with van der Waals surface area (Å²) in [5.74, 6) is 0.193. The van der Waals surface area contributed by atoms with Crippen molar-refractivity contribution in [1.29, 1.82) is 0 Å². The number of carbonyl (C=O) groups excluding carboxylic acids is 1. The largest absolute Gasteiger partial charge is 0.391 e. The van der Waals surface area contributed by atoms with Crippen molar-refractivity contribution in [3.05, 3.63) is 30.2 Å². The predicted molar refractivity (Wildman–Crippen MR) is 70.8 cm³/mol. The highest BCUT2D eigenvalue weighted by molar-refractivity contribution is 5.94. The second-order valence-corrected chi connectivity index (χ2v) is 5.01. The van der Waals surface area contributed by atoms with E-state index in [2.05, 4.69) is 15.5 Å². The number of pyridine rings is 1. The van der Waals surface area contributed by atoms with Gasteiger partial charge >= 0.3 is 0 Å². The molecule has 0 aromatic carbocycles. The van der Waals surface area contributed by atoms with E-state index < -0.39 is 6.10 Å². The van der Waals surface area contributed by atoms with Crippen LogP contribution < -0.4 is 5.32 Å². The van der Waals surface area contributed by atoms with E-state index in [1.807, 2.05) is 13.8 Å². The first-order valence-electron chi connectivity index (χ1n) is 6.32. The number of aromatic nitrogens is 3. The lowest BCUT2D eigenvalue weighted by atomic mass is 10.1. The highest BCUT2D eigenvalue weighted by Crippen LogP contribution is 2.05. The highest BCUT2D eigenvalue weighted by Gasteiger charge is 2.11. The maximum atomic E-state index is 11.9. The van der Waals surface area contributed by atoms with E-state index in [-0.39, 0.29) is 12.5 Å². The second kappa shape index (κ2) is 5.79. The Bertz CT molecular complexity index is 565. The number of aliphatic hydroxyl groups excluding tert-OH is 1. The van der Waals surface area contributed by atoms with Gasteiger partial charge in [0.2, 0.25) is 0 Å². The van der Waals surface area contributed by atoms with Gasteiger partial charge in [-0.25, -0.2) is 0 Å². The van der Waals surface area contributed by atoms with Gasteiger partial charge in [-0.15, -0.1) is 10.2 Å². The number of carbonyl (C=O) groups is 1. The molecule has 1 amide bonds. The fourth-order valence-electron chi connectivity index (χ4n) is 1.90. The van der Waals surface area contributed by atoms with E-state index in [0.717, 1.165) is 0 Å². The van der Waals surface area contributed by atoms with E-state index in [9.17, 15) is 9.90 Å². The van der Waals surface area contributed by atoms with Crippen LogP contribution in [0.3, 0.4) is 0 Å². The number of amides is 1. The summed E-state index contributed by atoms with van der Waals surface area (Å²) in [6, 6.07) is 3.42. The third kappa shape index (κ3) is 3.51. The molecule has 0 saturated carbocycles. The minimum Gasteiger partial charge on any atom is -0.391 e. The third-order valence-electron chi connectivity index (χ3n) is 2.79. The van der Waals surface area contributed by atoms with Gasteiger partial charge in [-0.05, 0) is 24.5 Å². The zero-order valence-electron chi connectivity index (χ0n) is 11.1. The lowest BCUT2D eigenvalue weighted by molar-refractivity contribution is 0.0900. The molecule has 2 rings (SSSR count). The van der Waals surface area contributed by atoms with Crippen molar-refractivity contribution in [3.63, 3.8) is 0 Å². The molecular weight excluding hydrogens is 244 g/mol. The first-order valence-corrected chi connectivity index (χ1v) is 6.32. The average molecular weight is 262 g/mol. The molecule has 2 aromatic rings. The molecule has 0 saturated heterocycles. The molecule has 2 heterocycles. The molecule has 1 unspecified atom stereocenters. The number of fused-ring (bicyclic) bond motifs is 1. The van der Waals surface area contributed by atoms with Crippen molar-refractivity contribution < 1.29 is 9.90 Å². The summed E-state index contributed by atoms with van der Waals surface area (Å²) in [5.41, 5.74) is 1.21. The minimum atomic E-state index is -0.511. The maximum absolute atomic E-state index is 11.9. The molecule has 0 fully saturated rings. The van der Waals surface area contributed by atoms with Gasteiger partial charge < -0.3 is 10.4 Å². The molecule has 19 heavy (non-hydrogen) atoms. The monoisotopic (exact) mass is 262 g/mol. The van der Waals surface area contributed by atoms with Gasteiger partial charge in [-0.2, -0.15) is 0 Å². The Hall–Kier alpha value is -1.95. The first-order chi connectivity index (χ1) is 9.06. The van der Waals surface area contributed by atoms with Crippen molar-refractivity contribution in [2.24, 2.45) is 5.92 Å². The van der Waals surface area contributed by atoms with Gasteiger partial charge in [0, 0.05) is 12.7 Å². The molecule has 2 aromatic heterocycles. The molecule has 0 aliphatic heterocycles. The van der Waals surface area contributed by atoms with Crippen LogP contribution in [0.5, 0.6) is 0 Å². The summed E-state index contributed by atoms with van der Waals surface area (Å²) < 4.78 is 1.68. The number of hydrogen-bond acceptors (Lipinski definition) is 4. The Morgan fingerprint density at radius 3 is 3.00 bits per heavy atom. The molecule has 0 radical (unpaired) electrons. The smallest absolute Gasteiger partial charge is 0.252 e. The molecule has 0 aliphatic rings. The van der Waals surface area contributed by atoms with Gasteiger partial charge in [0.05, 0.1) is 11.7 Å². The van der Waals surface area contributed by atoms with Crippen LogP contribution in [0.25, 0.3) is 5.65 Å². The molecule has 6 heteroatoms. The standard InChI is InChI=1S/C13H18N4O2/c1-9(2)5-11(18)6-14-13(19)10-3-4-12-16-15-8-17(12)7-10/h3-4,7-9,11,18H,5-6H2,1-2H3,(H,14,19). The van der Waals surface area contributed by atoms with Gasteiger partial charge in [0.1, 0.15) is 6.33 Å². The lowest BCUT2D eigenvalue weighted by Gasteiger charge is -2.13. The summed E-state index contributed by atoms with van der Waals surface area (Å²) in [6.07, 6.45) is 3.37. The van der Waals surface area contributed by atoms with Gasteiger partial charge in [-0.1, -0.05) is 13.8 Å². The topological polar surface area (TPSA) is 79.5 Å². The molecular formula is C13H18N4O2. The lowest BCUT2D eigenvalue weighted by Crippen LogP contribution is -2.32. The Morgan fingerprint density at radius 2 is 2.26 bits per heavy atom. The van der Waals surface area contributed by atoms with E-state index in [1.165, 1.54) is 0 Å². The Labute approximate surface area is 111 Å². The van der Waals surface area contributed by atoms with Crippen LogP contribution in [-0.2, 0) is 0 Å². The van der Waals surface area contributed by atoms with E-state index in [1.54, 1.807) is 29.1 Å². The molecule has 2 N–H and O–H groups in total. The summed E-state index contributed by atoms with van der Waals surface area (Å²) in [7, 11) is 0. The highest BCUT2D eigenvalue weighted by atomic mass is 16.3. The molecule has 0 spiro atoms. The first kappa shape index (κ1) is 13.5. The van der Waals surface area contributed by atoms with Crippen molar-refractivity contribution in [3.8, 4) is 0 Å². The molecule has 102 valence electrons. The van der Waals surface area contributed by atoms with Crippen molar-refractivity contribution in [2.45, 2.75) is 26.4 Å². The third-order valence-corrected chi connectivity index (χ3v) is 2.79. The van der Waals surface area contributed by atoms with Gasteiger partial charge in [-0.3, -0.25) is 9.20 Å². The second-order valence-electron chi connectivity index (χ2n) is 5.01. The van der Waals surface area contributed by atoms with Crippen LogP contribution in [0.2, 0.25) is 0 Å². The molecule has 6 nitrogen and oxygen atoms in total. The van der Waals surface area contributed by atoms with Crippen LogP contribution in [0, 0.1) is 5.92 Å². The van der Waals surface area contributed by atoms with Crippen LogP contribution >= 0.6 is 0 Å². The van der Waals surface area contributed by atoms with Crippen LogP contribution in [0.4, 0.5) is 0 Å². The van der Waals surface area contributed by atoms with E-state index in [0.29, 0.717) is 23.5 Å². The molecule has 0 bridgehead atoms. The SMILES string of the molecule is CC(C)CC(O)CNC(=O)c1ccc2nncn2c1. The van der Waals surface area contributed by atoms with Crippen LogP contribution in [-0.4, -0.2) is 38.3 Å². The summed E-state index contributed by atoms with van der Waals surface area (Å²) in [6.45, 7) is 4.33. The normalized spacial score (nSPS) is 12.8. The summed E-state index contributed by atoms with van der Waals surface area (Å²) in [4.78, 5) is 11.9. The average Bonchev–Trinajstić information content (AvgIpc) is 2.82. The number of aliphatic hydroxyl groups is 1. The fourth-order valence-corrected chi connectivity index (χ4v) is 1.90. The summed E-state index contributed by atoms with van der Waals surface area (Å²) in [5, 5.41) is 20.0. The zero-order valence-corrected chi connectivity index (χ0v) is 11.1. The van der Waals surface area contributed by atoms with Crippen molar-refractivity contribution in [1.82, 2.24) is 19.9 Å². The molecule has 0 aliphatic carbocycles. The van der Waals surface area contributed by atoms with Crippen molar-refractivity contribution >= 4 is 11.6 Å². The van der Waals surface area contributed by atoms with Gasteiger partial charge in [0.15, 0.2) is 5.65 Å². The number of nitrogens with one attached hydrogen (secondary N) is 1. The Morgan fingerprint density at radius 1 is 1.47 bits per heavy atom. The molecule has 1 atom stereocenters. The number of rotatable bonds is 5. The number of nitrogens with zero attached hydrogens (tertiary/aromatic N) is 3. The van der Waals surface area contributed by atoms with E-state index in [4.69, 9.17) is 0 Å². The van der Waals surface area contributed by atoms with Crippen LogP contribution in [0.15, 0.2) is 24.7 Å². The Kier molecular flexibility index (Phi) is 4.11. The zero-order chi connectivity index (χ0) is 13.8.